The molecule has 2 aliphatic rings. The van der Waals surface area contributed by atoms with Crippen LogP contribution in [0.2, 0.25) is 0 Å². The van der Waals surface area contributed by atoms with Crippen molar-refractivity contribution < 1.29 is 9.90 Å². The lowest BCUT2D eigenvalue weighted by Crippen LogP contribution is -2.18. The Morgan fingerprint density at radius 1 is 1.32 bits per heavy atom. The van der Waals surface area contributed by atoms with Gasteiger partial charge in [-0.1, -0.05) is 51.2 Å². The lowest BCUT2D eigenvalue weighted by atomic mass is 9.95. The number of aliphatic hydroxyl groups is 1. The molecule has 0 aromatic heterocycles. The van der Waals surface area contributed by atoms with E-state index in [0.717, 1.165) is 33.0 Å². The smallest absolute Gasteiger partial charge is 0.209 e. The predicted octanol–water partition coefficient (Wildman–Crippen LogP) is 2.79. The second-order valence-corrected chi connectivity index (χ2v) is 4.36. The van der Waals surface area contributed by atoms with E-state index in [1.54, 1.807) is 0 Å². The molecular formula is C16H27NO2. The van der Waals surface area contributed by atoms with Crippen molar-refractivity contribution >= 4 is 6.41 Å². The summed E-state index contributed by atoms with van der Waals surface area (Å²) in [6, 6.07) is 0. The zero-order valence-electron chi connectivity index (χ0n) is 12.5. The Hall–Kier alpha value is -1.35. The van der Waals surface area contributed by atoms with E-state index in [0.29, 0.717) is 11.8 Å². The first-order chi connectivity index (χ1) is 9.29. The Kier molecular flexibility index (Phi) is 9.81. The van der Waals surface area contributed by atoms with Crippen LogP contribution in [0.25, 0.3) is 0 Å². The van der Waals surface area contributed by atoms with Crippen molar-refractivity contribution in [2.75, 3.05) is 20.2 Å². The van der Waals surface area contributed by atoms with Gasteiger partial charge in [0.25, 0.3) is 0 Å². The molecular weight excluding hydrogens is 238 g/mol. The fourth-order valence-corrected chi connectivity index (χ4v) is 2.25. The highest BCUT2D eigenvalue weighted by atomic mass is 16.2. The summed E-state index contributed by atoms with van der Waals surface area (Å²) in [4.78, 5) is 12.5. The lowest BCUT2D eigenvalue weighted by Gasteiger charge is -2.12. The van der Waals surface area contributed by atoms with Crippen molar-refractivity contribution in [3.05, 3.63) is 36.0 Å². The minimum Gasteiger partial charge on any atom is -0.400 e. The van der Waals surface area contributed by atoms with Crippen LogP contribution in [0.3, 0.4) is 0 Å². The lowest BCUT2D eigenvalue weighted by molar-refractivity contribution is -0.117. The number of hydrogen-bond acceptors (Lipinski definition) is 2. The standard InChI is InChI=1S/C13H17NO.C2H6.CH4O/c1-11-4-2-3-5-12(8-11)13-6-7-14(9-13)10-15;2*1-2/h2-5,8,10-11,13H,6-7,9H2,1H3;1-2H3;2H,1H3. The molecule has 108 valence electrons. The molecule has 1 saturated heterocycles. The molecule has 1 fully saturated rings. The molecule has 1 amide bonds. The molecule has 0 spiro atoms. The first kappa shape index (κ1) is 17.6. The summed E-state index contributed by atoms with van der Waals surface area (Å²) in [6.07, 6.45) is 12.9. The van der Waals surface area contributed by atoms with Crippen LogP contribution in [-0.4, -0.2) is 36.6 Å². The molecule has 0 saturated carbocycles. The zero-order valence-corrected chi connectivity index (χ0v) is 12.5. The van der Waals surface area contributed by atoms with E-state index in [1.165, 1.54) is 5.57 Å². The number of nitrogens with zero attached hydrogens (tertiary/aromatic N) is 1. The summed E-state index contributed by atoms with van der Waals surface area (Å²) in [6.45, 7) is 7.98. The van der Waals surface area contributed by atoms with Gasteiger partial charge in [-0.3, -0.25) is 4.79 Å². The summed E-state index contributed by atoms with van der Waals surface area (Å²) < 4.78 is 0. The maximum absolute atomic E-state index is 10.6. The molecule has 19 heavy (non-hydrogen) atoms. The number of likely N-dealkylation sites (tertiary alicyclic amines) is 1. The Balaban J connectivity index is 0.000000741. The van der Waals surface area contributed by atoms with Crippen molar-refractivity contribution in [1.29, 1.82) is 0 Å². The zero-order chi connectivity index (χ0) is 14.7. The van der Waals surface area contributed by atoms with Gasteiger partial charge >= 0.3 is 0 Å². The molecule has 1 N–H and O–H groups in total. The monoisotopic (exact) mass is 265 g/mol. The quantitative estimate of drug-likeness (QED) is 0.780. The third kappa shape index (κ3) is 5.88. The second-order valence-electron chi connectivity index (χ2n) is 4.36. The summed E-state index contributed by atoms with van der Waals surface area (Å²) in [5, 5.41) is 7.00. The minimum atomic E-state index is 0.500. The topological polar surface area (TPSA) is 40.5 Å². The molecule has 0 aromatic carbocycles. The van der Waals surface area contributed by atoms with E-state index < -0.39 is 0 Å². The van der Waals surface area contributed by atoms with Crippen LogP contribution in [0.1, 0.15) is 27.2 Å². The van der Waals surface area contributed by atoms with Crippen molar-refractivity contribution in [3.63, 3.8) is 0 Å². The third-order valence-corrected chi connectivity index (χ3v) is 3.11. The van der Waals surface area contributed by atoms with Gasteiger partial charge in [-0.25, -0.2) is 0 Å². The van der Waals surface area contributed by atoms with Gasteiger partial charge in [-0.15, -0.1) is 0 Å². The molecule has 1 aliphatic heterocycles. The SMILES string of the molecule is CC.CC1C=CC=CC(C2CCN(C=O)C2)=C1.CO. The normalized spacial score (nSPS) is 24.5. The first-order valence-electron chi connectivity index (χ1n) is 7.00. The molecule has 1 aliphatic carbocycles. The summed E-state index contributed by atoms with van der Waals surface area (Å²) in [5.74, 6) is 1.04. The minimum absolute atomic E-state index is 0.500. The number of rotatable bonds is 2. The maximum atomic E-state index is 10.6. The average molecular weight is 265 g/mol. The van der Waals surface area contributed by atoms with Crippen molar-refractivity contribution in [2.24, 2.45) is 11.8 Å². The average Bonchev–Trinajstić information content (AvgIpc) is 2.85. The Morgan fingerprint density at radius 3 is 2.58 bits per heavy atom. The van der Waals surface area contributed by atoms with Crippen molar-refractivity contribution in [3.8, 4) is 0 Å². The molecule has 2 atom stereocenters. The molecule has 3 heteroatoms. The fraction of sp³-hybridized carbons (Fsp3) is 0.562. The Labute approximate surface area is 117 Å². The molecule has 1 heterocycles. The number of allylic oxidation sites excluding steroid dienone is 5. The van der Waals surface area contributed by atoms with Crippen LogP contribution < -0.4 is 0 Å². The van der Waals surface area contributed by atoms with Gasteiger partial charge in [-0.2, -0.15) is 0 Å². The van der Waals surface area contributed by atoms with Crippen LogP contribution in [0.15, 0.2) is 36.0 Å². The molecule has 2 unspecified atom stereocenters. The highest BCUT2D eigenvalue weighted by Crippen LogP contribution is 2.26. The van der Waals surface area contributed by atoms with Gasteiger partial charge in [0.1, 0.15) is 0 Å². The van der Waals surface area contributed by atoms with Gasteiger partial charge in [0.2, 0.25) is 6.41 Å². The number of carbonyl (C=O) groups is 1. The Bertz CT molecular complexity index is 332. The fourth-order valence-electron chi connectivity index (χ4n) is 2.25. The number of carbonyl (C=O) groups excluding carboxylic acids is 1. The van der Waals surface area contributed by atoms with Gasteiger partial charge in [0.05, 0.1) is 0 Å². The molecule has 3 nitrogen and oxygen atoms in total. The second kappa shape index (κ2) is 10.6. The largest absolute Gasteiger partial charge is 0.400 e. The van der Waals surface area contributed by atoms with Crippen LogP contribution in [-0.2, 0) is 4.79 Å². The summed E-state index contributed by atoms with van der Waals surface area (Å²) >= 11 is 0. The van der Waals surface area contributed by atoms with Crippen molar-refractivity contribution in [2.45, 2.75) is 27.2 Å². The van der Waals surface area contributed by atoms with Crippen LogP contribution >= 0.6 is 0 Å². The summed E-state index contributed by atoms with van der Waals surface area (Å²) in [5.41, 5.74) is 1.39. The highest BCUT2D eigenvalue weighted by Gasteiger charge is 2.23. The molecule has 0 aromatic rings. The van der Waals surface area contributed by atoms with E-state index in [9.17, 15) is 4.79 Å². The van der Waals surface area contributed by atoms with Crippen molar-refractivity contribution in [1.82, 2.24) is 4.90 Å². The van der Waals surface area contributed by atoms with Gasteiger partial charge in [-0.05, 0) is 17.9 Å². The summed E-state index contributed by atoms with van der Waals surface area (Å²) in [7, 11) is 1.00. The predicted molar refractivity (Wildman–Crippen MR) is 80.8 cm³/mol. The third-order valence-electron chi connectivity index (χ3n) is 3.11. The van der Waals surface area contributed by atoms with E-state index >= 15 is 0 Å². The maximum Gasteiger partial charge on any atom is 0.209 e. The molecule has 0 bridgehead atoms. The first-order valence-corrected chi connectivity index (χ1v) is 7.00. The van der Waals surface area contributed by atoms with E-state index in [4.69, 9.17) is 5.11 Å². The van der Waals surface area contributed by atoms with Crippen LogP contribution in [0.4, 0.5) is 0 Å². The molecule has 2 rings (SSSR count). The molecule has 0 radical (unpaired) electrons. The van der Waals surface area contributed by atoms with Gasteiger partial charge < -0.3 is 10.0 Å². The van der Waals surface area contributed by atoms with E-state index in [-0.39, 0.29) is 0 Å². The highest BCUT2D eigenvalue weighted by molar-refractivity contribution is 5.48. The van der Waals surface area contributed by atoms with Gasteiger partial charge in [0.15, 0.2) is 0 Å². The number of hydrogen-bond donors (Lipinski definition) is 1. The number of aliphatic hydroxyl groups excluding tert-OH is 1. The van der Waals surface area contributed by atoms with Crippen LogP contribution in [0, 0.1) is 11.8 Å². The number of amides is 1. The van der Waals surface area contributed by atoms with Crippen LogP contribution in [0.5, 0.6) is 0 Å². The van der Waals surface area contributed by atoms with Gasteiger partial charge in [0, 0.05) is 26.1 Å². The van der Waals surface area contributed by atoms with E-state index in [2.05, 4.69) is 37.3 Å². The van der Waals surface area contributed by atoms with E-state index in [1.807, 2.05) is 18.7 Å². The Morgan fingerprint density at radius 2 is 2.00 bits per heavy atom.